The van der Waals surface area contributed by atoms with Crippen molar-refractivity contribution in [1.29, 1.82) is 0 Å². The molecule has 0 spiro atoms. The monoisotopic (exact) mass is 288 g/mol. The Morgan fingerprint density at radius 1 is 1.45 bits per heavy atom. The molecule has 6 nitrogen and oxygen atoms in total. The van der Waals surface area contributed by atoms with Crippen LogP contribution in [0.3, 0.4) is 0 Å². The normalized spacial score (nSPS) is 12.8. The van der Waals surface area contributed by atoms with E-state index in [1.54, 1.807) is 17.8 Å². The number of carboxylic acids is 1. The highest BCUT2D eigenvalue weighted by atomic mass is 32.2. The van der Waals surface area contributed by atoms with Gasteiger partial charge in [0.15, 0.2) is 5.65 Å². The first-order chi connectivity index (χ1) is 9.65. The van der Waals surface area contributed by atoms with Crippen LogP contribution in [-0.4, -0.2) is 36.4 Å². The van der Waals surface area contributed by atoms with Gasteiger partial charge < -0.3 is 5.11 Å². The lowest BCUT2D eigenvalue weighted by atomic mass is 10.2. The van der Waals surface area contributed by atoms with E-state index in [4.69, 9.17) is 5.11 Å². The zero-order valence-electron chi connectivity index (χ0n) is 10.7. The first-order valence-corrected chi connectivity index (χ1v) is 7.09. The van der Waals surface area contributed by atoms with Gasteiger partial charge in [-0.05, 0) is 12.1 Å². The number of aromatic nitrogens is 4. The molecule has 0 bridgehead atoms. The van der Waals surface area contributed by atoms with E-state index in [1.807, 2.05) is 24.3 Å². The summed E-state index contributed by atoms with van der Waals surface area (Å²) >= 11 is 1.34. The summed E-state index contributed by atoms with van der Waals surface area (Å²) in [5.74, 6) is -0.799. The average Bonchev–Trinajstić information content (AvgIpc) is 2.88. The van der Waals surface area contributed by atoms with E-state index in [9.17, 15) is 4.79 Å². The van der Waals surface area contributed by atoms with Gasteiger partial charge in [0, 0.05) is 11.1 Å². The van der Waals surface area contributed by atoms with E-state index < -0.39 is 11.9 Å². The Kier molecular flexibility index (Phi) is 3.27. The van der Waals surface area contributed by atoms with E-state index >= 15 is 0 Å². The largest absolute Gasteiger partial charge is 0.481 e. The van der Waals surface area contributed by atoms with E-state index in [1.165, 1.54) is 11.8 Å². The van der Waals surface area contributed by atoms with Gasteiger partial charge in [-0.1, -0.05) is 30.8 Å². The maximum Gasteiger partial charge on any atom is 0.307 e. The van der Waals surface area contributed by atoms with E-state index in [0.29, 0.717) is 10.9 Å². The van der Waals surface area contributed by atoms with Gasteiger partial charge in [-0.25, -0.2) is 14.5 Å². The third kappa shape index (κ3) is 2.32. The van der Waals surface area contributed by atoms with Crippen molar-refractivity contribution in [1.82, 2.24) is 19.6 Å². The van der Waals surface area contributed by atoms with Crippen LogP contribution in [0.4, 0.5) is 0 Å². The molecule has 1 atom stereocenters. The van der Waals surface area contributed by atoms with Crippen molar-refractivity contribution in [3.8, 4) is 0 Å². The number of thioether (sulfide) groups is 1. The molecule has 7 heteroatoms. The van der Waals surface area contributed by atoms with Crippen molar-refractivity contribution in [2.45, 2.75) is 12.1 Å². The fourth-order valence-corrected chi connectivity index (χ4v) is 2.63. The van der Waals surface area contributed by atoms with E-state index in [-0.39, 0.29) is 0 Å². The maximum atomic E-state index is 10.8. The van der Waals surface area contributed by atoms with Crippen LogP contribution in [0.2, 0.25) is 0 Å². The predicted octanol–water partition coefficient (Wildman–Crippen LogP) is 2.09. The Morgan fingerprint density at radius 3 is 3.05 bits per heavy atom. The molecule has 2 heterocycles. The molecular weight excluding hydrogens is 276 g/mol. The first kappa shape index (κ1) is 12.9. The zero-order valence-corrected chi connectivity index (χ0v) is 11.5. The lowest BCUT2D eigenvalue weighted by Gasteiger charge is -2.01. The SMILES string of the molecule is CC(CSc1nc2c3ccccc3ncn2n1)C(=O)O. The standard InChI is InChI=1S/C13H12N4O2S/c1-8(12(18)19)6-20-13-15-11-9-4-2-3-5-10(9)14-7-17(11)16-13/h2-5,7-8H,6H2,1H3,(H,18,19). The fourth-order valence-electron chi connectivity index (χ4n) is 1.79. The van der Waals surface area contributed by atoms with Gasteiger partial charge in [0.05, 0.1) is 11.4 Å². The van der Waals surface area contributed by atoms with Gasteiger partial charge in [-0.15, -0.1) is 5.10 Å². The van der Waals surface area contributed by atoms with Gasteiger partial charge >= 0.3 is 5.97 Å². The summed E-state index contributed by atoms with van der Waals surface area (Å²) in [6.45, 7) is 1.67. The summed E-state index contributed by atoms with van der Waals surface area (Å²) < 4.78 is 1.62. The van der Waals surface area contributed by atoms with Gasteiger partial charge in [-0.3, -0.25) is 4.79 Å². The minimum Gasteiger partial charge on any atom is -0.481 e. The van der Waals surface area contributed by atoms with E-state index in [0.717, 1.165) is 16.6 Å². The molecule has 0 saturated carbocycles. The second-order valence-electron chi connectivity index (χ2n) is 4.47. The Bertz CT molecular complexity index is 786. The Labute approximate surface area is 118 Å². The van der Waals surface area contributed by atoms with Crippen LogP contribution in [0.1, 0.15) is 6.92 Å². The Hall–Kier alpha value is -2.15. The van der Waals surface area contributed by atoms with Crippen molar-refractivity contribution >= 4 is 34.3 Å². The van der Waals surface area contributed by atoms with Crippen LogP contribution < -0.4 is 0 Å². The van der Waals surface area contributed by atoms with Gasteiger partial charge in [-0.2, -0.15) is 0 Å². The number of rotatable bonds is 4. The quantitative estimate of drug-likeness (QED) is 0.740. The molecule has 1 aromatic carbocycles. The molecule has 102 valence electrons. The zero-order chi connectivity index (χ0) is 14.1. The number of para-hydroxylation sites is 1. The molecule has 0 aliphatic rings. The topological polar surface area (TPSA) is 80.4 Å². The number of fused-ring (bicyclic) bond motifs is 3. The molecule has 2 aromatic heterocycles. The molecule has 20 heavy (non-hydrogen) atoms. The lowest BCUT2D eigenvalue weighted by molar-refractivity contribution is -0.140. The summed E-state index contributed by atoms with van der Waals surface area (Å²) in [5.41, 5.74) is 1.60. The second-order valence-corrected chi connectivity index (χ2v) is 5.46. The smallest absolute Gasteiger partial charge is 0.307 e. The summed E-state index contributed by atoms with van der Waals surface area (Å²) in [7, 11) is 0. The summed E-state index contributed by atoms with van der Waals surface area (Å²) in [4.78, 5) is 19.6. The van der Waals surface area contributed by atoms with Gasteiger partial charge in [0.1, 0.15) is 6.33 Å². The third-order valence-corrected chi connectivity index (χ3v) is 4.04. The van der Waals surface area contributed by atoms with Crippen molar-refractivity contribution in [3.05, 3.63) is 30.6 Å². The number of carbonyl (C=O) groups is 1. The molecule has 0 fully saturated rings. The second kappa shape index (κ2) is 5.09. The minimum absolute atomic E-state index is 0.429. The molecule has 0 amide bonds. The fraction of sp³-hybridized carbons (Fsp3) is 0.231. The molecule has 1 N–H and O–H groups in total. The Morgan fingerprint density at radius 2 is 2.25 bits per heavy atom. The molecule has 1 unspecified atom stereocenters. The first-order valence-electron chi connectivity index (χ1n) is 6.11. The summed E-state index contributed by atoms with van der Waals surface area (Å²) in [6, 6.07) is 7.72. The number of hydrogen-bond acceptors (Lipinski definition) is 5. The number of hydrogen-bond donors (Lipinski definition) is 1. The van der Waals surface area contributed by atoms with Crippen LogP contribution in [0, 0.1) is 5.92 Å². The van der Waals surface area contributed by atoms with Crippen molar-refractivity contribution in [2.24, 2.45) is 5.92 Å². The van der Waals surface area contributed by atoms with Crippen molar-refractivity contribution in [2.75, 3.05) is 5.75 Å². The Balaban J connectivity index is 1.94. The summed E-state index contributed by atoms with van der Waals surface area (Å²) in [5, 5.41) is 14.7. The predicted molar refractivity (Wildman–Crippen MR) is 75.8 cm³/mol. The van der Waals surface area contributed by atoms with E-state index in [2.05, 4.69) is 15.1 Å². The highest BCUT2D eigenvalue weighted by Crippen LogP contribution is 2.21. The molecule has 3 aromatic rings. The number of nitrogens with zero attached hydrogens (tertiary/aromatic N) is 4. The molecule has 0 saturated heterocycles. The molecule has 0 aliphatic heterocycles. The van der Waals surface area contributed by atoms with Crippen LogP contribution in [0.25, 0.3) is 16.6 Å². The number of benzene rings is 1. The van der Waals surface area contributed by atoms with Crippen LogP contribution in [0.5, 0.6) is 0 Å². The van der Waals surface area contributed by atoms with Gasteiger partial charge in [0.25, 0.3) is 0 Å². The molecule has 0 radical (unpaired) electrons. The minimum atomic E-state index is -0.812. The van der Waals surface area contributed by atoms with Crippen molar-refractivity contribution < 1.29 is 9.90 Å². The van der Waals surface area contributed by atoms with Crippen LogP contribution >= 0.6 is 11.8 Å². The summed E-state index contributed by atoms with van der Waals surface area (Å²) in [6.07, 6.45) is 1.62. The maximum absolute atomic E-state index is 10.8. The third-order valence-electron chi connectivity index (χ3n) is 2.95. The molecule has 0 aliphatic carbocycles. The van der Waals surface area contributed by atoms with Crippen molar-refractivity contribution in [3.63, 3.8) is 0 Å². The van der Waals surface area contributed by atoms with Crippen LogP contribution in [0.15, 0.2) is 35.7 Å². The highest BCUT2D eigenvalue weighted by molar-refractivity contribution is 7.99. The van der Waals surface area contributed by atoms with Crippen LogP contribution in [-0.2, 0) is 4.79 Å². The average molecular weight is 288 g/mol. The van der Waals surface area contributed by atoms with Gasteiger partial charge in [0.2, 0.25) is 5.16 Å². The molecular formula is C13H12N4O2S. The number of aliphatic carboxylic acids is 1. The number of carboxylic acid groups (broad SMARTS) is 1. The molecule has 3 rings (SSSR count). The lowest BCUT2D eigenvalue weighted by Crippen LogP contribution is -2.11. The highest BCUT2D eigenvalue weighted by Gasteiger charge is 2.14.